The number of unbranched alkanes of at least 4 members (excludes halogenated alkanes) is 1. The summed E-state index contributed by atoms with van der Waals surface area (Å²) in [7, 11) is 0. The maximum Gasteiger partial charge on any atom is 0.262 e. The van der Waals surface area contributed by atoms with Crippen LogP contribution < -0.4 is 9.64 Å². The van der Waals surface area contributed by atoms with Gasteiger partial charge in [0.15, 0.2) is 0 Å². The fourth-order valence-electron chi connectivity index (χ4n) is 3.89. The van der Waals surface area contributed by atoms with Crippen molar-refractivity contribution < 1.29 is 9.53 Å². The van der Waals surface area contributed by atoms with Crippen LogP contribution in [0.5, 0.6) is 5.75 Å². The molecule has 0 aliphatic carbocycles. The normalized spacial score (nSPS) is 14.7. The first-order valence-electron chi connectivity index (χ1n) is 11.3. The van der Waals surface area contributed by atoms with Crippen molar-refractivity contribution >= 4 is 23.4 Å². The first-order valence-corrected chi connectivity index (χ1v) is 11.3. The van der Waals surface area contributed by atoms with Crippen molar-refractivity contribution in [1.29, 1.82) is 0 Å². The maximum absolute atomic E-state index is 13.5. The molecule has 0 spiro atoms. The second-order valence-corrected chi connectivity index (χ2v) is 7.91. The van der Waals surface area contributed by atoms with Crippen LogP contribution in [0.4, 0.5) is 5.69 Å². The molecule has 4 rings (SSSR count). The van der Waals surface area contributed by atoms with Crippen molar-refractivity contribution in [3.05, 3.63) is 107 Å². The summed E-state index contributed by atoms with van der Waals surface area (Å²) in [4.78, 5) is 15.3. The van der Waals surface area contributed by atoms with E-state index < -0.39 is 0 Å². The lowest BCUT2D eigenvalue weighted by atomic mass is 10.1. The Balaban J connectivity index is 1.68. The predicted octanol–water partition coefficient (Wildman–Crippen LogP) is 6.90. The van der Waals surface area contributed by atoms with Gasteiger partial charge in [-0.2, -0.15) is 0 Å². The quantitative estimate of drug-likeness (QED) is 0.369. The van der Waals surface area contributed by atoms with Crippen LogP contribution in [-0.4, -0.2) is 12.5 Å². The molecule has 162 valence electrons. The Bertz CT molecular complexity index is 1110. The monoisotopic (exact) mass is 423 g/mol. The molecule has 0 saturated heterocycles. The minimum Gasteiger partial charge on any atom is -0.494 e. The van der Waals surface area contributed by atoms with Crippen LogP contribution in [0.3, 0.4) is 0 Å². The van der Waals surface area contributed by atoms with Crippen LogP contribution >= 0.6 is 0 Å². The van der Waals surface area contributed by atoms with Gasteiger partial charge in [0.2, 0.25) is 0 Å². The Morgan fingerprint density at radius 3 is 2.25 bits per heavy atom. The third kappa shape index (κ3) is 4.83. The molecule has 0 fully saturated rings. The number of carbonyl (C=O) groups excluding carboxylic acids is 1. The van der Waals surface area contributed by atoms with Gasteiger partial charge in [0.25, 0.3) is 5.91 Å². The molecular weight excluding hydrogens is 394 g/mol. The number of rotatable bonds is 8. The van der Waals surface area contributed by atoms with Gasteiger partial charge in [-0.15, -0.1) is 0 Å². The molecule has 0 radical (unpaired) electrons. The molecule has 1 aliphatic rings. The SMILES string of the molecule is CCCCc1ccc(N2C(=O)/C(=C/c3ccc(OCC)cc3)C=C2c2ccccc2)cc1. The van der Waals surface area contributed by atoms with E-state index in [4.69, 9.17) is 4.74 Å². The zero-order valence-electron chi connectivity index (χ0n) is 18.8. The van der Waals surface area contributed by atoms with E-state index in [2.05, 4.69) is 31.2 Å². The van der Waals surface area contributed by atoms with Gasteiger partial charge in [-0.1, -0.05) is 67.9 Å². The zero-order chi connectivity index (χ0) is 22.3. The minimum atomic E-state index is -0.0148. The van der Waals surface area contributed by atoms with Crippen LogP contribution in [-0.2, 0) is 11.2 Å². The van der Waals surface area contributed by atoms with E-state index in [9.17, 15) is 4.79 Å². The molecule has 3 aromatic rings. The fourth-order valence-corrected chi connectivity index (χ4v) is 3.89. The first-order chi connectivity index (χ1) is 15.7. The Labute approximate surface area is 190 Å². The minimum absolute atomic E-state index is 0.0148. The Morgan fingerprint density at radius 1 is 0.875 bits per heavy atom. The van der Waals surface area contributed by atoms with E-state index in [0.717, 1.165) is 34.7 Å². The molecule has 3 nitrogen and oxygen atoms in total. The third-order valence-corrected chi connectivity index (χ3v) is 5.58. The molecular formula is C29H29NO2. The summed E-state index contributed by atoms with van der Waals surface area (Å²) < 4.78 is 5.53. The van der Waals surface area contributed by atoms with E-state index in [1.54, 1.807) is 0 Å². The smallest absolute Gasteiger partial charge is 0.262 e. The zero-order valence-corrected chi connectivity index (χ0v) is 18.8. The second kappa shape index (κ2) is 10.1. The molecule has 32 heavy (non-hydrogen) atoms. The Morgan fingerprint density at radius 2 is 1.59 bits per heavy atom. The molecule has 1 amide bonds. The van der Waals surface area contributed by atoms with Crippen molar-refractivity contribution in [2.24, 2.45) is 0 Å². The lowest BCUT2D eigenvalue weighted by Gasteiger charge is -2.21. The average Bonchev–Trinajstić information content (AvgIpc) is 3.16. The average molecular weight is 424 g/mol. The number of nitrogens with zero attached hydrogens (tertiary/aromatic N) is 1. The van der Waals surface area contributed by atoms with E-state index >= 15 is 0 Å². The van der Waals surface area contributed by atoms with Crippen molar-refractivity contribution in [2.45, 2.75) is 33.1 Å². The van der Waals surface area contributed by atoms with E-state index in [0.29, 0.717) is 12.2 Å². The number of hydrogen-bond acceptors (Lipinski definition) is 2. The largest absolute Gasteiger partial charge is 0.494 e. The topological polar surface area (TPSA) is 29.5 Å². The summed E-state index contributed by atoms with van der Waals surface area (Å²) in [6.45, 7) is 4.80. The summed E-state index contributed by atoms with van der Waals surface area (Å²) in [6.07, 6.45) is 7.34. The van der Waals surface area contributed by atoms with Crippen LogP contribution in [0.15, 0.2) is 90.5 Å². The van der Waals surface area contributed by atoms with Crippen LogP contribution in [0, 0.1) is 0 Å². The molecule has 0 unspecified atom stereocenters. The van der Waals surface area contributed by atoms with Gasteiger partial charge in [0.05, 0.1) is 12.3 Å². The van der Waals surface area contributed by atoms with E-state index in [-0.39, 0.29) is 5.91 Å². The van der Waals surface area contributed by atoms with Gasteiger partial charge in [0.1, 0.15) is 5.75 Å². The number of aryl methyl sites for hydroxylation is 1. The summed E-state index contributed by atoms with van der Waals surface area (Å²) in [5, 5.41) is 0. The number of carbonyl (C=O) groups is 1. The van der Waals surface area contributed by atoms with Crippen molar-refractivity contribution in [1.82, 2.24) is 0 Å². The summed E-state index contributed by atoms with van der Waals surface area (Å²) in [5.74, 6) is 0.816. The van der Waals surface area contributed by atoms with E-state index in [1.807, 2.05) is 78.6 Å². The van der Waals surface area contributed by atoms with Gasteiger partial charge in [0, 0.05) is 11.3 Å². The molecule has 0 N–H and O–H groups in total. The van der Waals surface area contributed by atoms with Crippen molar-refractivity contribution in [3.63, 3.8) is 0 Å². The molecule has 1 aliphatic heterocycles. The highest BCUT2D eigenvalue weighted by molar-refractivity contribution is 6.23. The van der Waals surface area contributed by atoms with Gasteiger partial charge in [-0.05, 0) is 72.9 Å². The van der Waals surface area contributed by atoms with Crippen LogP contribution in [0.1, 0.15) is 43.4 Å². The lowest BCUT2D eigenvalue weighted by molar-refractivity contribution is -0.113. The Hall–Kier alpha value is -3.59. The van der Waals surface area contributed by atoms with Crippen molar-refractivity contribution in [3.8, 4) is 5.75 Å². The molecule has 3 heteroatoms. The summed E-state index contributed by atoms with van der Waals surface area (Å²) in [6, 6.07) is 26.3. The molecule has 0 atom stereocenters. The van der Waals surface area contributed by atoms with E-state index in [1.165, 1.54) is 18.4 Å². The summed E-state index contributed by atoms with van der Waals surface area (Å²) in [5.41, 5.74) is 5.75. The van der Waals surface area contributed by atoms with Crippen molar-refractivity contribution in [2.75, 3.05) is 11.5 Å². The predicted molar refractivity (Wildman–Crippen MR) is 133 cm³/mol. The maximum atomic E-state index is 13.5. The lowest BCUT2D eigenvalue weighted by Crippen LogP contribution is -2.24. The highest BCUT2D eigenvalue weighted by Gasteiger charge is 2.30. The number of anilines is 1. The van der Waals surface area contributed by atoms with Gasteiger partial charge >= 0.3 is 0 Å². The number of benzene rings is 3. The summed E-state index contributed by atoms with van der Waals surface area (Å²) >= 11 is 0. The number of hydrogen-bond donors (Lipinski definition) is 0. The second-order valence-electron chi connectivity index (χ2n) is 7.91. The van der Waals surface area contributed by atoms with Gasteiger partial charge in [-0.25, -0.2) is 0 Å². The van der Waals surface area contributed by atoms with Gasteiger partial charge < -0.3 is 4.74 Å². The number of amides is 1. The van der Waals surface area contributed by atoms with Crippen LogP contribution in [0.2, 0.25) is 0 Å². The van der Waals surface area contributed by atoms with Crippen LogP contribution in [0.25, 0.3) is 11.8 Å². The highest BCUT2D eigenvalue weighted by atomic mass is 16.5. The Kier molecular flexibility index (Phi) is 6.86. The molecule has 0 bridgehead atoms. The first kappa shape index (κ1) is 21.6. The number of ether oxygens (including phenoxy) is 1. The highest BCUT2D eigenvalue weighted by Crippen LogP contribution is 2.35. The molecule has 3 aromatic carbocycles. The third-order valence-electron chi connectivity index (χ3n) is 5.58. The fraction of sp³-hybridized carbons (Fsp3) is 0.207. The van der Waals surface area contributed by atoms with Gasteiger partial charge in [-0.3, -0.25) is 9.69 Å². The molecule has 0 aromatic heterocycles. The molecule has 0 saturated carbocycles. The molecule has 1 heterocycles. The standard InChI is InChI=1S/C29H29NO2/c1-3-5-9-22-12-16-26(17-13-22)30-28(24-10-7-6-8-11-24)21-25(29(30)31)20-23-14-18-27(19-15-23)32-4-2/h6-8,10-21H,3-5,9H2,1-2H3/b25-20+.